The van der Waals surface area contributed by atoms with Gasteiger partial charge in [-0.05, 0) is 60.7 Å². The second kappa shape index (κ2) is 9.14. The van der Waals surface area contributed by atoms with E-state index in [1.165, 1.54) is 32.8 Å². The van der Waals surface area contributed by atoms with Crippen LogP contribution in [0.5, 0.6) is 0 Å². The Balaban J connectivity index is 1.46. The predicted octanol–water partition coefficient (Wildman–Crippen LogP) is 9.83. The summed E-state index contributed by atoms with van der Waals surface area (Å²) in [5.41, 5.74) is 9.94. The van der Waals surface area contributed by atoms with Crippen LogP contribution in [0.15, 0.2) is 127 Å². The topological polar surface area (TPSA) is 30.7 Å². The first-order chi connectivity index (χ1) is 20.2. The minimum atomic E-state index is 0.746. The molecule has 3 heteroatoms. The van der Waals surface area contributed by atoms with Crippen molar-refractivity contribution in [1.29, 1.82) is 0 Å². The number of benzene rings is 6. The van der Waals surface area contributed by atoms with Gasteiger partial charge in [0, 0.05) is 32.7 Å². The number of aromatic nitrogens is 3. The fourth-order valence-electron chi connectivity index (χ4n) is 6.29. The first kappa shape index (κ1) is 23.6. The highest BCUT2D eigenvalue weighted by molar-refractivity contribution is 6.11. The number of aryl methyl sites for hydroxylation is 1. The maximum atomic E-state index is 5.29. The van der Waals surface area contributed by atoms with Crippen LogP contribution in [0, 0.1) is 13.8 Å². The van der Waals surface area contributed by atoms with E-state index < -0.39 is 0 Å². The summed E-state index contributed by atoms with van der Waals surface area (Å²) in [5, 5.41) is 5.89. The molecule has 0 aliphatic rings. The summed E-state index contributed by atoms with van der Waals surface area (Å²) in [7, 11) is 0. The van der Waals surface area contributed by atoms with Crippen molar-refractivity contribution in [2.24, 2.45) is 0 Å². The highest BCUT2D eigenvalue weighted by Gasteiger charge is 2.19. The average molecular weight is 526 g/mol. The Morgan fingerprint density at radius 2 is 1.17 bits per heavy atom. The third-order valence-corrected chi connectivity index (χ3v) is 8.22. The summed E-state index contributed by atoms with van der Waals surface area (Å²) in [6.07, 6.45) is 0. The van der Waals surface area contributed by atoms with Crippen molar-refractivity contribution in [3.8, 4) is 28.3 Å². The van der Waals surface area contributed by atoms with Crippen molar-refractivity contribution in [3.05, 3.63) is 139 Å². The number of hydrogen-bond donors (Lipinski definition) is 0. The number of fused-ring (bicyclic) bond motifs is 6. The fraction of sp³-hybridized carbons (Fsp3) is 0.0526. The molecule has 6 aromatic carbocycles. The lowest BCUT2D eigenvalue weighted by atomic mass is 9.99. The van der Waals surface area contributed by atoms with E-state index in [2.05, 4.69) is 140 Å². The highest BCUT2D eigenvalue weighted by Crippen LogP contribution is 2.38. The normalized spacial score (nSPS) is 11.7. The first-order valence-electron chi connectivity index (χ1n) is 14.0. The van der Waals surface area contributed by atoms with Crippen LogP contribution < -0.4 is 0 Å². The Morgan fingerprint density at radius 3 is 1.90 bits per heavy atom. The van der Waals surface area contributed by atoms with Crippen molar-refractivity contribution in [2.75, 3.05) is 0 Å². The van der Waals surface area contributed by atoms with Crippen molar-refractivity contribution < 1.29 is 0 Å². The molecule has 0 unspecified atom stereocenters. The van der Waals surface area contributed by atoms with E-state index in [0.717, 1.165) is 50.2 Å². The van der Waals surface area contributed by atoms with Crippen LogP contribution in [0.1, 0.15) is 11.1 Å². The van der Waals surface area contributed by atoms with Gasteiger partial charge in [0.05, 0.1) is 27.9 Å². The summed E-state index contributed by atoms with van der Waals surface area (Å²) in [6, 6.07) is 45.1. The molecule has 0 bridgehead atoms. The molecule has 0 radical (unpaired) electrons. The number of nitrogens with zero attached hydrogens (tertiary/aromatic N) is 3. The monoisotopic (exact) mass is 525 g/mol. The van der Waals surface area contributed by atoms with E-state index in [9.17, 15) is 0 Å². The first-order valence-corrected chi connectivity index (χ1v) is 14.0. The van der Waals surface area contributed by atoms with Crippen LogP contribution in [0.4, 0.5) is 0 Å². The number of rotatable bonds is 3. The van der Waals surface area contributed by atoms with E-state index in [0.29, 0.717) is 0 Å². The van der Waals surface area contributed by atoms with Gasteiger partial charge in [-0.15, -0.1) is 0 Å². The van der Waals surface area contributed by atoms with Crippen LogP contribution in [0.25, 0.3) is 71.8 Å². The standard InChI is InChI=1S/C38H27N3/c1-24-22-32(25(2)35(23-24)41-33-18-10-8-16-29(33)30-17-9-11-19-34(30)41)38-39-36(27-13-4-3-5-14-27)31-21-20-26-12-6-7-15-28(26)37(31)40-38/h3-23H,1-2H3. The Hall–Kier alpha value is -5.28. The van der Waals surface area contributed by atoms with Crippen LogP contribution in [0.3, 0.4) is 0 Å². The van der Waals surface area contributed by atoms with Gasteiger partial charge in [0.15, 0.2) is 5.82 Å². The van der Waals surface area contributed by atoms with Crippen molar-refractivity contribution in [2.45, 2.75) is 13.8 Å². The van der Waals surface area contributed by atoms with Crippen LogP contribution in [0.2, 0.25) is 0 Å². The molecule has 0 spiro atoms. The molecule has 0 N–H and O–H groups in total. The molecular formula is C38H27N3. The van der Waals surface area contributed by atoms with Gasteiger partial charge in [-0.2, -0.15) is 0 Å². The lowest BCUT2D eigenvalue weighted by Gasteiger charge is -2.17. The van der Waals surface area contributed by atoms with E-state index in [1.54, 1.807) is 0 Å². The quantitative estimate of drug-likeness (QED) is 0.215. The van der Waals surface area contributed by atoms with Gasteiger partial charge in [0.25, 0.3) is 0 Å². The summed E-state index contributed by atoms with van der Waals surface area (Å²) in [6.45, 7) is 4.36. The van der Waals surface area contributed by atoms with E-state index in [1.807, 2.05) is 6.07 Å². The third-order valence-electron chi connectivity index (χ3n) is 8.22. The van der Waals surface area contributed by atoms with Gasteiger partial charge in [-0.3, -0.25) is 0 Å². The Labute approximate surface area is 238 Å². The SMILES string of the molecule is Cc1cc(-c2nc(-c3ccccc3)c3ccc4ccccc4c3n2)c(C)c(-n2c3ccccc3c3ccccc32)c1. The summed E-state index contributed by atoms with van der Waals surface area (Å²) in [5.74, 6) is 0.746. The summed E-state index contributed by atoms with van der Waals surface area (Å²) in [4.78, 5) is 10.6. The molecule has 2 aromatic heterocycles. The van der Waals surface area contributed by atoms with E-state index in [-0.39, 0.29) is 0 Å². The van der Waals surface area contributed by atoms with Gasteiger partial charge in [-0.1, -0.05) is 97.1 Å². The van der Waals surface area contributed by atoms with Crippen molar-refractivity contribution >= 4 is 43.5 Å². The molecule has 0 saturated carbocycles. The van der Waals surface area contributed by atoms with Crippen molar-refractivity contribution in [3.63, 3.8) is 0 Å². The van der Waals surface area contributed by atoms with E-state index >= 15 is 0 Å². The molecule has 0 fully saturated rings. The fourth-order valence-corrected chi connectivity index (χ4v) is 6.29. The second-order valence-electron chi connectivity index (χ2n) is 10.8. The zero-order valence-corrected chi connectivity index (χ0v) is 23.0. The lowest BCUT2D eigenvalue weighted by molar-refractivity contribution is 1.13. The molecular weight excluding hydrogens is 498 g/mol. The molecule has 8 rings (SSSR count). The summed E-state index contributed by atoms with van der Waals surface area (Å²) < 4.78 is 2.39. The maximum absolute atomic E-state index is 5.29. The van der Waals surface area contributed by atoms with E-state index in [4.69, 9.17) is 9.97 Å². The third kappa shape index (κ3) is 3.66. The molecule has 8 aromatic rings. The molecule has 0 aliphatic carbocycles. The molecule has 41 heavy (non-hydrogen) atoms. The molecule has 3 nitrogen and oxygen atoms in total. The van der Waals surface area contributed by atoms with Gasteiger partial charge in [-0.25, -0.2) is 9.97 Å². The van der Waals surface area contributed by atoms with Crippen LogP contribution in [-0.4, -0.2) is 14.5 Å². The number of para-hydroxylation sites is 2. The summed E-state index contributed by atoms with van der Waals surface area (Å²) >= 11 is 0. The van der Waals surface area contributed by atoms with Gasteiger partial charge in [0.2, 0.25) is 0 Å². The van der Waals surface area contributed by atoms with Crippen LogP contribution >= 0.6 is 0 Å². The Kier molecular flexibility index (Phi) is 5.26. The highest BCUT2D eigenvalue weighted by atomic mass is 15.0. The zero-order valence-electron chi connectivity index (χ0n) is 23.0. The molecule has 2 heterocycles. The molecule has 0 atom stereocenters. The zero-order chi connectivity index (χ0) is 27.5. The molecule has 0 amide bonds. The lowest BCUT2D eigenvalue weighted by Crippen LogP contribution is -2.02. The smallest absolute Gasteiger partial charge is 0.160 e. The van der Waals surface area contributed by atoms with Crippen molar-refractivity contribution in [1.82, 2.24) is 14.5 Å². The average Bonchev–Trinajstić information content (AvgIpc) is 3.36. The molecule has 0 aliphatic heterocycles. The molecule has 0 saturated heterocycles. The Bertz CT molecular complexity index is 2220. The molecule has 194 valence electrons. The number of hydrogen-bond acceptors (Lipinski definition) is 2. The second-order valence-corrected chi connectivity index (χ2v) is 10.8. The maximum Gasteiger partial charge on any atom is 0.160 e. The predicted molar refractivity (Wildman–Crippen MR) is 172 cm³/mol. The van der Waals surface area contributed by atoms with Gasteiger partial charge in [0.1, 0.15) is 0 Å². The minimum Gasteiger partial charge on any atom is -0.309 e. The minimum absolute atomic E-state index is 0.746. The largest absolute Gasteiger partial charge is 0.309 e. The van der Waals surface area contributed by atoms with Gasteiger partial charge < -0.3 is 4.57 Å². The van der Waals surface area contributed by atoms with Crippen LogP contribution in [-0.2, 0) is 0 Å². The Morgan fingerprint density at radius 1 is 0.537 bits per heavy atom. The van der Waals surface area contributed by atoms with Gasteiger partial charge >= 0.3 is 0 Å².